The van der Waals surface area contributed by atoms with Crippen LogP contribution in [0.4, 0.5) is 5.69 Å². The highest BCUT2D eigenvalue weighted by molar-refractivity contribution is 9.10. The monoisotopic (exact) mass is 328 g/mol. The fourth-order valence-electron chi connectivity index (χ4n) is 2.07. The van der Waals surface area contributed by atoms with Gasteiger partial charge in [0, 0.05) is 11.0 Å². The fraction of sp³-hybridized carbons (Fsp3) is 0.417. The minimum absolute atomic E-state index is 0.281. The van der Waals surface area contributed by atoms with Crippen molar-refractivity contribution in [3.63, 3.8) is 0 Å². The molecule has 1 fully saturated rings. The van der Waals surface area contributed by atoms with Gasteiger partial charge in [-0.3, -0.25) is 0 Å². The van der Waals surface area contributed by atoms with Crippen LogP contribution in [0.25, 0.3) is 0 Å². The van der Waals surface area contributed by atoms with E-state index in [1.807, 2.05) is 0 Å². The van der Waals surface area contributed by atoms with Crippen molar-refractivity contribution in [3.8, 4) is 6.07 Å². The van der Waals surface area contributed by atoms with Gasteiger partial charge in [0.2, 0.25) is 0 Å². The van der Waals surface area contributed by atoms with E-state index in [1.54, 1.807) is 18.2 Å². The van der Waals surface area contributed by atoms with Crippen molar-refractivity contribution in [2.24, 2.45) is 0 Å². The SMILES string of the molecule is N#Cc1ccc(Br)cc1NCC1CCCS1(=O)=O. The molecule has 1 saturated heterocycles. The highest BCUT2D eigenvalue weighted by Crippen LogP contribution is 2.24. The molecule has 1 heterocycles. The molecule has 1 aliphatic heterocycles. The van der Waals surface area contributed by atoms with Gasteiger partial charge in [-0.1, -0.05) is 15.9 Å². The average Bonchev–Trinajstić information content (AvgIpc) is 2.66. The Morgan fingerprint density at radius 3 is 2.89 bits per heavy atom. The number of nitrogens with zero attached hydrogens (tertiary/aromatic N) is 1. The molecule has 18 heavy (non-hydrogen) atoms. The summed E-state index contributed by atoms with van der Waals surface area (Å²) in [5, 5.41) is 11.7. The summed E-state index contributed by atoms with van der Waals surface area (Å²) in [6.45, 7) is 0.369. The lowest BCUT2D eigenvalue weighted by Crippen LogP contribution is -2.25. The van der Waals surface area contributed by atoms with Crippen LogP contribution in [0.1, 0.15) is 18.4 Å². The van der Waals surface area contributed by atoms with Gasteiger partial charge in [-0.2, -0.15) is 5.26 Å². The maximum absolute atomic E-state index is 11.7. The van der Waals surface area contributed by atoms with Crippen LogP contribution in [0.2, 0.25) is 0 Å². The van der Waals surface area contributed by atoms with E-state index in [1.165, 1.54) is 0 Å². The quantitative estimate of drug-likeness (QED) is 0.924. The van der Waals surface area contributed by atoms with E-state index in [4.69, 9.17) is 5.26 Å². The topological polar surface area (TPSA) is 70.0 Å². The van der Waals surface area contributed by atoms with Crippen LogP contribution in [0.5, 0.6) is 0 Å². The molecule has 2 rings (SSSR count). The standard InChI is InChI=1S/C12H13BrN2O2S/c13-10-4-3-9(7-14)12(6-10)15-8-11-2-1-5-18(11,16)17/h3-4,6,11,15H,1-2,5,8H2. The summed E-state index contributed by atoms with van der Waals surface area (Å²) < 4.78 is 24.2. The molecule has 0 saturated carbocycles. The van der Waals surface area contributed by atoms with Gasteiger partial charge in [0.05, 0.1) is 22.3 Å². The average molecular weight is 329 g/mol. The second-order valence-corrected chi connectivity index (χ2v) is 7.63. The Bertz CT molecular complexity index is 593. The van der Waals surface area contributed by atoms with Gasteiger partial charge in [0.1, 0.15) is 6.07 Å². The Kier molecular flexibility index (Phi) is 3.93. The maximum atomic E-state index is 11.7. The molecule has 6 heteroatoms. The van der Waals surface area contributed by atoms with Gasteiger partial charge >= 0.3 is 0 Å². The second kappa shape index (κ2) is 5.29. The van der Waals surface area contributed by atoms with Crippen molar-refractivity contribution in [1.82, 2.24) is 0 Å². The Balaban J connectivity index is 2.11. The highest BCUT2D eigenvalue weighted by Gasteiger charge is 2.30. The third kappa shape index (κ3) is 2.85. The minimum atomic E-state index is -2.94. The highest BCUT2D eigenvalue weighted by atomic mass is 79.9. The number of hydrogen-bond donors (Lipinski definition) is 1. The number of rotatable bonds is 3. The largest absolute Gasteiger partial charge is 0.383 e. The number of hydrogen-bond acceptors (Lipinski definition) is 4. The lowest BCUT2D eigenvalue weighted by molar-refractivity contribution is 0.591. The van der Waals surface area contributed by atoms with Gasteiger partial charge < -0.3 is 5.32 Å². The molecule has 1 N–H and O–H groups in total. The van der Waals surface area contributed by atoms with Crippen molar-refractivity contribution in [1.29, 1.82) is 5.26 Å². The lowest BCUT2D eigenvalue weighted by atomic mass is 10.2. The van der Waals surface area contributed by atoms with Crippen LogP contribution < -0.4 is 5.32 Å². The van der Waals surface area contributed by atoms with Crippen molar-refractivity contribution < 1.29 is 8.42 Å². The smallest absolute Gasteiger partial charge is 0.154 e. The minimum Gasteiger partial charge on any atom is -0.383 e. The molecule has 0 aromatic heterocycles. The lowest BCUT2D eigenvalue weighted by Gasteiger charge is -2.13. The molecule has 96 valence electrons. The molecule has 0 amide bonds. The first-order valence-corrected chi connectivity index (χ1v) is 8.19. The number of anilines is 1. The summed E-state index contributed by atoms with van der Waals surface area (Å²) in [6, 6.07) is 7.37. The van der Waals surface area contributed by atoms with E-state index >= 15 is 0 Å². The third-order valence-corrected chi connectivity index (χ3v) is 5.85. The molecule has 1 aliphatic rings. The zero-order valence-electron chi connectivity index (χ0n) is 9.69. The molecule has 0 spiro atoms. The van der Waals surface area contributed by atoms with Crippen molar-refractivity contribution in [3.05, 3.63) is 28.2 Å². The molecule has 1 unspecified atom stereocenters. The Labute approximate surface area is 115 Å². The molecular weight excluding hydrogens is 316 g/mol. The zero-order valence-corrected chi connectivity index (χ0v) is 12.1. The van der Waals surface area contributed by atoms with E-state index in [9.17, 15) is 8.42 Å². The third-order valence-electron chi connectivity index (χ3n) is 3.09. The Morgan fingerprint density at radius 1 is 1.50 bits per heavy atom. The number of nitrogens with one attached hydrogen (secondary N) is 1. The van der Waals surface area contributed by atoms with Gasteiger partial charge in [0.25, 0.3) is 0 Å². The second-order valence-electron chi connectivity index (χ2n) is 4.31. The Hall–Kier alpha value is -1.06. The van der Waals surface area contributed by atoms with Crippen molar-refractivity contribution >= 4 is 31.5 Å². The van der Waals surface area contributed by atoms with Crippen LogP contribution in [0, 0.1) is 11.3 Å². The molecule has 1 aromatic rings. The summed E-state index contributed by atoms with van der Waals surface area (Å²) in [4.78, 5) is 0. The molecular formula is C12H13BrN2O2S. The maximum Gasteiger partial charge on any atom is 0.154 e. The summed E-state index contributed by atoms with van der Waals surface area (Å²) >= 11 is 3.33. The number of nitriles is 1. The molecule has 1 atom stereocenters. The van der Waals surface area contributed by atoms with Crippen LogP contribution in [-0.4, -0.2) is 26.0 Å². The predicted molar refractivity (Wildman–Crippen MR) is 74.2 cm³/mol. The van der Waals surface area contributed by atoms with Gasteiger partial charge in [0.15, 0.2) is 9.84 Å². The molecule has 1 aromatic carbocycles. The first-order chi connectivity index (χ1) is 8.53. The van der Waals surface area contributed by atoms with Gasteiger partial charge in [-0.25, -0.2) is 8.42 Å². The van der Waals surface area contributed by atoms with E-state index in [0.717, 1.165) is 10.9 Å². The molecule has 0 radical (unpaired) electrons. The summed E-state index contributed by atoms with van der Waals surface area (Å²) in [5.41, 5.74) is 1.20. The number of halogens is 1. The first kappa shape index (κ1) is 13.4. The fourth-order valence-corrected chi connectivity index (χ4v) is 4.20. The van der Waals surface area contributed by atoms with Gasteiger partial charge in [-0.05, 0) is 31.0 Å². The van der Waals surface area contributed by atoms with E-state index in [-0.39, 0.29) is 11.0 Å². The van der Waals surface area contributed by atoms with Crippen molar-refractivity contribution in [2.75, 3.05) is 17.6 Å². The van der Waals surface area contributed by atoms with E-state index in [0.29, 0.717) is 24.2 Å². The first-order valence-electron chi connectivity index (χ1n) is 5.68. The van der Waals surface area contributed by atoms with E-state index in [2.05, 4.69) is 27.3 Å². The van der Waals surface area contributed by atoms with Crippen LogP contribution in [0.3, 0.4) is 0 Å². The molecule has 4 nitrogen and oxygen atoms in total. The summed E-state index contributed by atoms with van der Waals surface area (Å²) in [5.74, 6) is 0.281. The zero-order chi connectivity index (χ0) is 13.2. The molecule has 0 aliphatic carbocycles. The summed E-state index contributed by atoms with van der Waals surface area (Å²) in [6.07, 6.45) is 1.43. The normalized spacial score (nSPS) is 21.4. The summed E-state index contributed by atoms with van der Waals surface area (Å²) in [7, 11) is -2.94. The van der Waals surface area contributed by atoms with Gasteiger partial charge in [-0.15, -0.1) is 0 Å². The van der Waals surface area contributed by atoms with Crippen LogP contribution >= 0.6 is 15.9 Å². The number of sulfone groups is 1. The molecule has 0 bridgehead atoms. The predicted octanol–water partition coefficient (Wildman–Crippen LogP) is 2.31. The van der Waals surface area contributed by atoms with E-state index < -0.39 is 9.84 Å². The van der Waals surface area contributed by atoms with Crippen LogP contribution in [-0.2, 0) is 9.84 Å². The Morgan fingerprint density at radius 2 is 2.28 bits per heavy atom. The van der Waals surface area contributed by atoms with Crippen LogP contribution in [0.15, 0.2) is 22.7 Å². The van der Waals surface area contributed by atoms with Crippen molar-refractivity contribution in [2.45, 2.75) is 18.1 Å². The number of benzene rings is 1.